The minimum atomic E-state index is -1.04. The van der Waals surface area contributed by atoms with Crippen molar-refractivity contribution >= 4 is 39.8 Å². The summed E-state index contributed by atoms with van der Waals surface area (Å²) in [5.41, 5.74) is 2.17. The lowest BCUT2D eigenvalue weighted by Gasteiger charge is -2.18. The van der Waals surface area contributed by atoms with E-state index in [-0.39, 0.29) is 18.9 Å². The summed E-state index contributed by atoms with van der Waals surface area (Å²) in [5, 5.41) is 13.7. The second-order valence-corrected chi connectivity index (χ2v) is 7.50. The van der Waals surface area contributed by atoms with E-state index in [2.05, 4.69) is 5.32 Å². The number of nitrogens with zero attached hydrogens (tertiary/aromatic N) is 2. The van der Waals surface area contributed by atoms with Gasteiger partial charge in [0.2, 0.25) is 5.91 Å². The highest BCUT2D eigenvalue weighted by molar-refractivity contribution is 7.14. The molecule has 28 heavy (non-hydrogen) atoms. The maximum atomic E-state index is 12.4. The molecular formula is C20H19N3O4S. The number of amides is 2. The van der Waals surface area contributed by atoms with Gasteiger partial charge >= 0.3 is 5.97 Å². The summed E-state index contributed by atoms with van der Waals surface area (Å²) in [6.07, 6.45) is -0.991. The van der Waals surface area contributed by atoms with E-state index in [1.807, 2.05) is 37.3 Å². The number of hydrogen-bond acceptors (Lipinski definition) is 6. The molecule has 2 aromatic rings. The molecule has 144 valence electrons. The first-order valence-corrected chi connectivity index (χ1v) is 9.63. The number of aryl methyl sites for hydroxylation is 1. The number of nitrogens with one attached hydrogen (secondary N) is 1. The number of esters is 1. The van der Waals surface area contributed by atoms with Crippen molar-refractivity contribution in [3.8, 4) is 6.07 Å². The van der Waals surface area contributed by atoms with Crippen LogP contribution in [0.15, 0.2) is 35.7 Å². The molecule has 1 aromatic heterocycles. The molecule has 1 N–H and O–H groups in total. The summed E-state index contributed by atoms with van der Waals surface area (Å²) in [6.45, 7) is 3.64. The van der Waals surface area contributed by atoms with Gasteiger partial charge in [-0.25, -0.2) is 0 Å². The van der Waals surface area contributed by atoms with Crippen LogP contribution in [0.5, 0.6) is 0 Å². The second kappa shape index (κ2) is 8.23. The first-order valence-electron chi connectivity index (χ1n) is 8.75. The summed E-state index contributed by atoms with van der Waals surface area (Å²) in [7, 11) is 0. The van der Waals surface area contributed by atoms with Crippen LogP contribution < -0.4 is 10.2 Å². The van der Waals surface area contributed by atoms with Crippen molar-refractivity contribution < 1.29 is 19.1 Å². The Balaban J connectivity index is 1.58. The molecule has 0 aliphatic carbocycles. The van der Waals surface area contributed by atoms with Crippen molar-refractivity contribution in [3.63, 3.8) is 0 Å². The standard InChI is InChI=1S/C20H19N3O4S/c1-12-3-5-16(6-4-12)23-11-15(9-17(23)24)20(26)27-13(2)18(25)22-19-14(10-21)7-8-28-19/h3-8,13,15H,9,11H2,1-2H3,(H,22,25)/t13-,15-/m0/s1. The monoisotopic (exact) mass is 397 g/mol. The van der Waals surface area contributed by atoms with Gasteiger partial charge in [-0.15, -0.1) is 11.3 Å². The Morgan fingerprint density at radius 2 is 2.04 bits per heavy atom. The van der Waals surface area contributed by atoms with E-state index in [4.69, 9.17) is 10.00 Å². The topological polar surface area (TPSA) is 99.5 Å². The number of nitriles is 1. The van der Waals surface area contributed by atoms with Crippen molar-refractivity contribution in [1.29, 1.82) is 5.26 Å². The van der Waals surface area contributed by atoms with E-state index < -0.39 is 23.9 Å². The number of carbonyl (C=O) groups excluding carboxylic acids is 3. The molecule has 1 saturated heterocycles. The number of anilines is 2. The Kier molecular flexibility index (Phi) is 5.76. The van der Waals surface area contributed by atoms with Crippen LogP contribution in [-0.4, -0.2) is 30.4 Å². The minimum Gasteiger partial charge on any atom is -0.452 e. The predicted octanol–water partition coefficient (Wildman–Crippen LogP) is 2.85. The minimum absolute atomic E-state index is 0.0462. The average Bonchev–Trinajstić information content (AvgIpc) is 3.28. The van der Waals surface area contributed by atoms with Crippen molar-refractivity contribution in [2.45, 2.75) is 26.4 Å². The maximum absolute atomic E-state index is 12.4. The largest absolute Gasteiger partial charge is 0.452 e. The summed E-state index contributed by atoms with van der Waals surface area (Å²) < 4.78 is 5.26. The van der Waals surface area contributed by atoms with Gasteiger partial charge in [0.1, 0.15) is 11.1 Å². The van der Waals surface area contributed by atoms with E-state index in [9.17, 15) is 14.4 Å². The zero-order valence-electron chi connectivity index (χ0n) is 15.5. The van der Waals surface area contributed by atoms with Crippen LogP contribution >= 0.6 is 11.3 Å². The first kappa shape index (κ1) is 19.6. The zero-order valence-corrected chi connectivity index (χ0v) is 16.3. The van der Waals surface area contributed by atoms with Gasteiger partial charge in [-0.2, -0.15) is 5.26 Å². The molecule has 1 aromatic carbocycles. The third-order valence-corrected chi connectivity index (χ3v) is 5.32. The van der Waals surface area contributed by atoms with Gasteiger partial charge in [0.25, 0.3) is 5.91 Å². The lowest BCUT2D eigenvalue weighted by Crippen LogP contribution is -2.33. The number of carbonyl (C=O) groups is 3. The summed E-state index contributed by atoms with van der Waals surface area (Å²) in [6, 6.07) is 11.1. The van der Waals surface area contributed by atoms with Gasteiger partial charge in [0, 0.05) is 18.7 Å². The van der Waals surface area contributed by atoms with Gasteiger partial charge in [0.15, 0.2) is 6.10 Å². The SMILES string of the molecule is Cc1ccc(N2C[C@@H](C(=O)O[C@@H](C)C(=O)Nc3sccc3C#N)CC2=O)cc1. The van der Waals surface area contributed by atoms with Crippen LogP contribution in [0.4, 0.5) is 10.7 Å². The molecule has 1 aliphatic heterocycles. The fourth-order valence-corrected chi connectivity index (χ4v) is 3.61. The summed E-state index contributed by atoms with van der Waals surface area (Å²) in [4.78, 5) is 38.5. The summed E-state index contributed by atoms with van der Waals surface area (Å²) in [5.74, 6) is -1.88. The molecular weight excluding hydrogens is 378 g/mol. The molecule has 0 unspecified atom stereocenters. The van der Waals surface area contributed by atoms with Crippen molar-refractivity contribution in [2.24, 2.45) is 5.92 Å². The highest BCUT2D eigenvalue weighted by Crippen LogP contribution is 2.27. The van der Waals surface area contributed by atoms with Crippen molar-refractivity contribution in [1.82, 2.24) is 0 Å². The molecule has 0 bridgehead atoms. The molecule has 0 saturated carbocycles. The normalized spacial score (nSPS) is 17.1. The van der Waals surface area contributed by atoms with Gasteiger partial charge in [-0.05, 0) is 37.4 Å². The number of thiophene rings is 1. The Morgan fingerprint density at radius 3 is 2.71 bits per heavy atom. The molecule has 2 amide bonds. The van der Waals surface area contributed by atoms with E-state index in [0.717, 1.165) is 11.3 Å². The Morgan fingerprint density at radius 1 is 1.32 bits per heavy atom. The smallest absolute Gasteiger partial charge is 0.312 e. The quantitative estimate of drug-likeness (QED) is 0.782. The van der Waals surface area contributed by atoms with Crippen LogP contribution in [0.2, 0.25) is 0 Å². The Labute approximate surface area is 166 Å². The molecule has 2 heterocycles. The third kappa shape index (κ3) is 4.21. The predicted molar refractivity (Wildman–Crippen MR) is 105 cm³/mol. The molecule has 0 spiro atoms. The van der Waals surface area contributed by atoms with Crippen LogP contribution in [0.25, 0.3) is 0 Å². The van der Waals surface area contributed by atoms with Crippen LogP contribution in [0.1, 0.15) is 24.5 Å². The number of hydrogen-bond donors (Lipinski definition) is 1. The van der Waals surface area contributed by atoms with E-state index in [1.165, 1.54) is 18.3 Å². The highest BCUT2D eigenvalue weighted by Gasteiger charge is 2.37. The lowest BCUT2D eigenvalue weighted by molar-refractivity contribution is -0.157. The van der Waals surface area contributed by atoms with Crippen LogP contribution in [-0.2, 0) is 19.1 Å². The number of rotatable bonds is 5. The maximum Gasteiger partial charge on any atom is 0.312 e. The molecule has 8 heteroatoms. The molecule has 7 nitrogen and oxygen atoms in total. The molecule has 0 radical (unpaired) electrons. The van der Waals surface area contributed by atoms with E-state index >= 15 is 0 Å². The number of ether oxygens (including phenoxy) is 1. The molecule has 2 atom stereocenters. The fraction of sp³-hybridized carbons (Fsp3) is 0.300. The zero-order chi connectivity index (χ0) is 20.3. The second-order valence-electron chi connectivity index (χ2n) is 6.58. The van der Waals surface area contributed by atoms with Gasteiger partial charge in [0.05, 0.1) is 11.5 Å². The van der Waals surface area contributed by atoms with Crippen molar-refractivity contribution in [3.05, 3.63) is 46.8 Å². The highest BCUT2D eigenvalue weighted by atomic mass is 32.1. The molecule has 3 rings (SSSR count). The van der Waals surface area contributed by atoms with Gasteiger partial charge in [-0.1, -0.05) is 17.7 Å². The Bertz CT molecular complexity index is 945. The number of benzene rings is 1. The third-order valence-electron chi connectivity index (χ3n) is 4.49. The van der Waals surface area contributed by atoms with Gasteiger partial charge in [-0.3, -0.25) is 14.4 Å². The summed E-state index contributed by atoms with van der Waals surface area (Å²) >= 11 is 1.22. The molecule has 1 fully saturated rings. The van der Waals surface area contributed by atoms with Crippen molar-refractivity contribution in [2.75, 3.05) is 16.8 Å². The Hall–Kier alpha value is -3.18. The lowest BCUT2D eigenvalue weighted by atomic mass is 10.1. The van der Waals surface area contributed by atoms with Gasteiger partial charge < -0.3 is 15.0 Å². The molecule has 1 aliphatic rings. The average molecular weight is 397 g/mol. The first-order chi connectivity index (χ1) is 13.4. The van der Waals surface area contributed by atoms with Crippen LogP contribution in [0, 0.1) is 24.2 Å². The van der Waals surface area contributed by atoms with E-state index in [0.29, 0.717) is 10.6 Å². The van der Waals surface area contributed by atoms with E-state index in [1.54, 1.807) is 16.3 Å². The van der Waals surface area contributed by atoms with Crippen LogP contribution in [0.3, 0.4) is 0 Å². The fourth-order valence-electron chi connectivity index (χ4n) is 2.87.